The molecule has 1 aliphatic heterocycles. The number of rotatable bonds is 2. The number of ether oxygens (including phenoxy) is 2. The summed E-state index contributed by atoms with van der Waals surface area (Å²) in [4.78, 5) is 0. The van der Waals surface area contributed by atoms with E-state index in [-0.39, 0.29) is 12.5 Å². The maximum absolute atomic E-state index is 9.72. The molecule has 0 amide bonds. The van der Waals surface area contributed by atoms with Crippen LogP contribution in [-0.4, -0.2) is 11.9 Å². The topological polar surface area (TPSA) is 38.7 Å². The van der Waals surface area contributed by atoms with Gasteiger partial charge >= 0.3 is 0 Å². The van der Waals surface area contributed by atoms with E-state index in [1.165, 1.54) is 5.57 Å². The number of phenols is 1. The molecule has 0 aliphatic carbocycles. The minimum atomic E-state index is 0.237. The van der Waals surface area contributed by atoms with E-state index >= 15 is 0 Å². The molecular formula is C12H14O3. The van der Waals surface area contributed by atoms with Gasteiger partial charge in [-0.2, -0.15) is 0 Å². The molecule has 0 radical (unpaired) electrons. The zero-order valence-corrected chi connectivity index (χ0v) is 8.91. The summed E-state index contributed by atoms with van der Waals surface area (Å²) in [5.41, 5.74) is 2.09. The largest absolute Gasteiger partial charge is 0.508 e. The van der Waals surface area contributed by atoms with Gasteiger partial charge in [-0.05, 0) is 26.3 Å². The van der Waals surface area contributed by atoms with Crippen LogP contribution in [-0.2, 0) is 6.42 Å². The summed E-state index contributed by atoms with van der Waals surface area (Å²) in [7, 11) is 0. The van der Waals surface area contributed by atoms with Crippen molar-refractivity contribution in [3.05, 3.63) is 29.3 Å². The van der Waals surface area contributed by atoms with Crippen molar-refractivity contribution in [3.63, 3.8) is 0 Å². The Hall–Kier alpha value is -1.64. The Morgan fingerprint density at radius 1 is 1.33 bits per heavy atom. The first-order valence-corrected chi connectivity index (χ1v) is 4.91. The first kappa shape index (κ1) is 9.90. The standard InChI is InChI=1S/C12H14O3/c1-8(2)3-4-9-5-11-12(6-10(9)13)15-7-14-11/h3,5-6,13H,4,7H2,1-2H3. The molecule has 80 valence electrons. The van der Waals surface area contributed by atoms with Gasteiger partial charge < -0.3 is 14.6 Å². The molecule has 1 heterocycles. The number of allylic oxidation sites excluding steroid dienone is 2. The van der Waals surface area contributed by atoms with Crippen molar-refractivity contribution in [1.29, 1.82) is 0 Å². The molecule has 0 atom stereocenters. The van der Waals surface area contributed by atoms with Gasteiger partial charge in [-0.15, -0.1) is 0 Å². The first-order valence-electron chi connectivity index (χ1n) is 4.91. The fourth-order valence-corrected chi connectivity index (χ4v) is 1.45. The van der Waals surface area contributed by atoms with Crippen molar-refractivity contribution < 1.29 is 14.6 Å². The molecule has 0 saturated heterocycles. The first-order chi connectivity index (χ1) is 7.16. The molecule has 1 aliphatic rings. The summed E-state index contributed by atoms with van der Waals surface area (Å²) in [5, 5.41) is 9.72. The van der Waals surface area contributed by atoms with Crippen LogP contribution in [0.5, 0.6) is 17.2 Å². The van der Waals surface area contributed by atoms with Crippen LogP contribution in [0.15, 0.2) is 23.8 Å². The van der Waals surface area contributed by atoms with E-state index in [1.54, 1.807) is 6.07 Å². The van der Waals surface area contributed by atoms with Crippen LogP contribution in [0.3, 0.4) is 0 Å². The van der Waals surface area contributed by atoms with Gasteiger partial charge in [0.2, 0.25) is 6.79 Å². The second-order valence-corrected chi connectivity index (χ2v) is 3.82. The summed E-state index contributed by atoms with van der Waals surface area (Å²) in [6, 6.07) is 3.44. The minimum absolute atomic E-state index is 0.237. The van der Waals surface area contributed by atoms with E-state index in [2.05, 4.69) is 6.08 Å². The molecule has 2 rings (SSSR count). The van der Waals surface area contributed by atoms with Gasteiger partial charge in [0.05, 0.1) is 0 Å². The van der Waals surface area contributed by atoms with Crippen LogP contribution < -0.4 is 9.47 Å². The molecule has 1 N–H and O–H groups in total. The molecule has 0 unspecified atom stereocenters. The molecule has 0 saturated carbocycles. The maximum atomic E-state index is 9.72. The predicted octanol–water partition coefficient (Wildman–Crippen LogP) is 2.63. The van der Waals surface area contributed by atoms with Crippen molar-refractivity contribution in [2.24, 2.45) is 0 Å². The predicted molar refractivity (Wildman–Crippen MR) is 57.4 cm³/mol. The van der Waals surface area contributed by atoms with E-state index < -0.39 is 0 Å². The molecule has 0 aromatic heterocycles. The SMILES string of the molecule is CC(C)=CCc1cc2c(cc1O)OCO2. The highest BCUT2D eigenvalue weighted by molar-refractivity contribution is 5.51. The van der Waals surface area contributed by atoms with E-state index in [9.17, 15) is 5.11 Å². The molecule has 15 heavy (non-hydrogen) atoms. The number of phenolic OH excluding ortho intramolecular Hbond substituents is 1. The second kappa shape index (κ2) is 3.85. The average molecular weight is 206 g/mol. The Balaban J connectivity index is 2.28. The van der Waals surface area contributed by atoms with Crippen molar-refractivity contribution in [3.8, 4) is 17.2 Å². The summed E-state index contributed by atoms with van der Waals surface area (Å²) in [6.07, 6.45) is 2.78. The number of hydrogen-bond donors (Lipinski definition) is 1. The normalized spacial score (nSPS) is 12.7. The molecular weight excluding hydrogens is 192 g/mol. The molecule has 1 aromatic rings. The van der Waals surface area contributed by atoms with Gasteiger partial charge in [-0.1, -0.05) is 11.6 Å². The van der Waals surface area contributed by atoms with Crippen molar-refractivity contribution in [1.82, 2.24) is 0 Å². The Kier molecular flexibility index (Phi) is 2.54. The minimum Gasteiger partial charge on any atom is -0.508 e. The zero-order chi connectivity index (χ0) is 10.8. The third-order valence-electron chi connectivity index (χ3n) is 2.30. The zero-order valence-electron chi connectivity index (χ0n) is 8.91. The second-order valence-electron chi connectivity index (χ2n) is 3.82. The van der Waals surface area contributed by atoms with Gasteiger partial charge in [-0.3, -0.25) is 0 Å². The lowest BCUT2D eigenvalue weighted by Gasteiger charge is -2.04. The van der Waals surface area contributed by atoms with Crippen LogP contribution in [0.2, 0.25) is 0 Å². The lowest BCUT2D eigenvalue weighted by atomic mass is 10.1. The summed E-state index contributed by atoms with van der Waals surface area (Å²) >= 11 is 0. The molecule has 1 aromatic carbocycles. The van der Waals surface area contributed by atoms with E-state index in [0.717, 1.165) is 5.56 Å². The van der Waals surface area contributed by atoms with E-state index in [1.807, 2.05) is 19.9 Å². The van der Waals surface area contributed by atoms with Crippen LogP contribution >= 0.6 is 0 Å². The van der Waals surface area contributed by atoms with Gasteiger partial charge in [0.25, 0.3) is 0 Å². The molecule has 3 nitrogen and oxygen atoms in total. The highest BCUT2D eigenvalue weighted by atomic mass is 16.7. The summed E-state index contributed by atoms with van der Waals surface area (Å²) < 4.78 is 10.4. The Bertz CT molecular complexity index is 404. The Morgan fingerprint density at radius 2 is 2.00 bits per heavy atom. The van der Waals surface area contributed by atoms with Gasteiger partial charge in [0, 0.05) is 11.6 Å². The average Bonchev–Trinajstić information content (AvgIpc) is 2.60. The lowest BCUT2D eigenvalue weighted by Crippen LogP contribution is -1.92. The van der Waals surface area contributed by atoms with Crippen LogP contribution in [0.1, 0.15) is 19.4 Å². The van der Waals surface area contributed by atoms with Crippen LogP contribution in [0.25, 0.3) is 0 Å². The van der Waals surface area contributed by atoms with Gasteiger partial charge in [0.15, 0.2) is 11.5 Å². The third kappa shape index (κ3) is 2.06. The smallest absolute Gasteiger partial charge is 0.231 e. The molecule has 0 bridgehead atoms. The Morgan fingerprint density at radius 3 is 2.67 bits per heavy atom. The molecule has 3 heteroatoms. The lowest BCUT2D eigenvalue weighted by molar-refractivity contribution is 0.174. The maximum Gasteiger partial charge on any atom is 0.231 e. The van der Waals surface area contributed by atoms with Crippen LogP contribution in [0, 0.1) is 0 Å². The van der Waals surface area contributed by atoms with Crippen LogP contribution in [0.4, 0.5) is 0 Å². The highest BCUT2D eigenvalue weighted by Gasteiger charge is 2.16. The third-order valence-corrected chi connectivity index (χ3v) is 2.30. The van der Waals surface area contributed by atoms with E-state index in [0.29, 0.717) is 17.9 Å². The number of aromatic hydroxyl groups is 1. The Labute approximate surface area is 88.9 Å². The van der Waals surface area contributed by atoms with Gasteiger partial charge in [-0.25, -0.2) is 0 Å². The van der Waals surface area contributed by atoms with Crippen molar-refractivity contribution >= 4 is 0 Å². The summed E-state index contributed by atoms with van der Waals surface area (Å²) in [6.45, 7) is 4.30. The number of fused-ring (bicyclic) bond motifs is 1. The summed E-state index contributed by atoms with van der Waals surface area (Å²) in [5.74, 6) is 1.59. The monoisotopic (exact) mass is 206 g/mol. The van der Waals surface area contributed by atoms with Crippen molar-refractivity contribution in [2.75, 3.05) is 6.79 Å². The number of benzene rings is 1. The highest BCUT2D eigenvalue weighted by Crippen LogP contribution is 2.37. The van der Waals surface area contributed by atoms with Crippen molar-refractivity contribution in [2.45, 2.75) is 20.3 Å². The fourth-order valence-electron chi connectivity index (χ4n) is 1.45. The van der Waals surface area contributed by atoms with Gasteiger partial charge in [0.1, 0.15) is 5.75 Å². The quantitative estimate of drug-likeness (QED) is 0.756. The van der Waals surface area contributed by atoms with E-state index in [4.69, 9.17) is 9.47 Å². The molecule has 0 fully saturated rings. The molecule has 0 spiro atoms. The number of hydrogen-bond acceptors (Lipinski definition) is 3. The fraction of sp³-hybridized carbons (Fsp3) is 0.333.